The molecule has 0 saturated carbocycles. The minimum absolute atomic E-state index is 0.0458. The van der Waals surface area contributed by atoms with Crippen molar-refractivity contribution in [3.63, 3.8) is 0 Å². The molecule has 1 heterocycles. The van der Waals surface area contributed by atoms with Crippen LogP contribution in [0, 0.1) is 0 Å². The highest BCUT2D eigenvalue weighted by atomic mass is 19.4. The van der Waals surface area contributed by atoms with Crippen molar-refractivity contribution < 1.29 is 27.4 Å². The maximum atomic E-state index is 12.4. The molecule has 0 fully saturated rings. The van der Waals surface area contributed by atoms with Crippen molar-refractivity contribution in [1.29, 1.82) is 0 Å². The molecular weight excluding hydrogens is 327 g/mol. The molecule has 1 amide bonds. The third kappa shape index (κ3) is 4.34. The number of aromatic nitrogens is 2. The SMILES string of the molecule is COc1ccc(CC(=O)Nc2cnc(C(F)(F)F)cn2)c(OC)c1. The molecule has 0 radical (unpaired) electrons. The molecule has 0 spiro atoms. The third-order valence-electron chi connectivity index (χ3n) is 3.06. The maximum Gasteiger partial charge on any atom is 0.434 e. The van der Waals surface area contributed by atoms with Gasteiger partial charge in [-0.25, -0.2) is 9.97 Å². The number of methoxy groups -OCH3 is 2. The highest BCUT2D eigenvalue weighted by Gasteiger charge is 2.32. The molecule has 2 rings (SSSR count). The Labute approximate surface area is 135 Å². The number of hydrogen-bond donors (Lipinski definition) is 1. The van der Waals surface area contributed by atoms with Gasteiger partial charge in [0.25, 0.3) is 0 Å². The van der Waals surface area contributed by atoms with Gasteiger partial charge in [0.1, 0.15) is 11.5 Å². The van der Waals surface area contributed by atoms with Gasteiger partial charge < -0.3 is 14.8 Å². The van der Waals surface area contributed by atoms with Crippen LogP contribution in [0.1, 0.15) is 11.3 Å². The Morgan fingerprint density at radius 1 is 1.17 bits per heavy atom. The fraction of sp³-hybridized carbons (Fsp3) is 0.267. The Balaban J connectivity index is 2.06. The normalized spacial score (nSPS) is 11.0. The van der Waals surface area contributed by atoms with E-state index in [1.54, 1.807) is 18.2 Å². The van der Waals surface area contributed by atoms with Gasteiger partial charge >= 0.3 is 6.18 Å². The van der Waals surface area contributed by atoms with Gasteiger partial charge in [-0.15, -0.1) is 0 Å². The number of nitrogens with zero attached hydrogens (tertiary/aromatic N) is 2. The summed E-state index contributed by atoms with van der Waals surface area (Å²) in [6.45, 7) is 0. The van der Waals surface area contributed by atoms with Gasteiger partial charge in [-0.3, -0.25) is 4.79 Å². The molecule has 1 N–H and O–H groups in total. The van der Waals surface area contributed by atoms with Crippen molar-refractivity contribution in [3.05, 3.63) is 41.9 Å². The van der Waals surface area contributed by atoms with Crippen LogP contribution in [0.25, 0.3) is 0 Å². The summed E-state index contributed by atoms with van der Waals surface area (Å²) in [5.41, 5.74) is -0.534. The number of benzene rings is 1. The number of halogens is 3. The van der Waals surface area contributed by atoms with Gasteiger partial charge in [-0.05, 0) is 6.07 Å². The van der Waals surface area contributed by atoms with Crippen LogP contribution in [0.15, 0.2) is 30.6 Å². The van der Waals surface area contributed by atoms with E-state index >= 15 is 0 Å². The topological polar surface area (TPSA) is 73.3 Å². The fourth-order valence-electron chi connectivity index (χ4n) is 1.90. The minimum Gasteiger partial charge on any atom is -0.497 e. The number of hydrogen-bond acceptors (Lipinski definition) is 5. The lowest BCUT2D eigenvalue weighted by Crippen LogP contribution is -2.17. The van der Waals surface area contributed by atoms with E-state index in [4.69, 9.17) is 9.47 Å². The first-order chi connectivity index (χ1) is 11.3. The number of amides is 1. The fourth-order valence-corrected chi connectivity index (χ4v) is 1.90. The summed E-state index contributed by atoms with van der Waals surface area (Å²) >= 11 is 0. The molecule has 0 saturated heterocycles. The van der Waals surface area contributed by atoms with E-state index in [9.17, 15) is 18.0 Å². The monoisotopic (exact) mass is 341 g/mol. The lowest BCUT2D eigenvalue weighted by molar-refractivity contribution is -0.141. The first-order valence-electron chi connectivity index (χ1n) is 6.73. The Kier molecular flexibility index (Phi) is 5.22. The first kappa shape index (κ1) is 17.5. The molecule has 2 aromatic rings. The second kappa shape index (κ2) is 7.16. The largest absolute Gasteiger partial charge is 0.497 e. The van der Waals surface area contributed by atoms with Crippen LogP contribution < -0.4 is 14.8 Å². The van der Waals surface area contributed by atoms with Crippen LogP contribution in [-0.4, -0.2) is 30.1 Å². The molecule has 0 aliphatic carbocycles. The van der Waals surface area contributed by atoms with E-state index < -0.39 is 17.8 Å². The number of nitrogens with one attached hydrogen (secondary N) is 1. The smallest absolute Gasteiger partial charge is 0.434 e. The average Bonchev–Trinajstić information content (AvgIpc) is 2.54. The standard InChI is InChI=1S/C15H14F3N3O3/c1-23-10-4-3-9(11(6-10)24-2)5-14(22)21-13-8-19-12(7-20-13)15(16,17)18/h3-4,6-8H,5H2,1-2H3,(H,20,21,22). The average molecular weight is 341 g/mol. The predicted molar refractivity (Wildman–Crippen MR) is 78.9 cm³/mol. The highest BCUT2D eigenvalue weighted by molar-refractivity contribution is 5.91. The van der Waals surface area contributed by atoms with Gasteiger partial charge in [0.05, 0.1) is 33.0 Å². The van der Waals surface area contributed by atoms with Crippen molar-refractivity contribution in [2.45, 2.75) is 12.6 Å². The third-order valence-corrected chi connectivity index (χ3v) is 3.06. The van der Waals surface area contributed by atoms with Crippen LogP contribution in [0.2, 0.25) is 0 Å². The second-order valence-electron chi connectivity index (χ2n) is 4.69. The van der Waals surface area contributed by atoms with E-state index in [2.05, 4.69) is 15.3 Å². The lowest BCUT2D eigenvalue weighted by atomic mass is 10.1. The van der Waals surface area contributed by atoms with E-state index in [1.165, 1.54) is 14.2 Å². The van der Waals surface area contributed by atoms with E-state index in [0.717, 1.165) is 6.20 Å². The van der Waals surface area contributed by atoms with Crippen LogP contribution in [-0.2, 0) is 17.4 Å². The molecule has 0 aliphatic heterocycles. The van der Waals surface area contributed by atoms with Crippen molar-refractivity contribution in [2.24, 2.45) is 0 Å². The summed E-state index contributed by atoms with van der Waals surface area (Å²) in [5.74, 6) is 0.501. The predicted octanol–water partition coefficient (Wildman–Crippen LogP) is 2.69. The van der Waals surface area contributed by atoms with E-state index in [-0.39, 0.29) is 12.2 Å². The Morgan fingerprint density at radius 2 is 1.92 bits per heavy atom. The van der Waals surface area contributed by atoms with Gasteiger partial charge in [-0.1, -0.05) is 6.07 Å². The van der Waals surface area contributed by atoms with Crippen LogP contribution >= 0.6 is 0 Å². The number of ether oxygens (including phenoxy) is 2. The van der Waals surface area contributed by atoms with Crippen LogP contribution in [0.5, 0.6) is 11.5 Å². The van der Waals surface area contributed by atoms with Crippen molar-refractivity contribution in [2.75, 3.05) is 19.5 Å². The highest BCUT2D eigenvalue weighted by Crippen LogP contribution is 2.27. The molecule has 0 aliphatic rings. The summed E-state index contributed by atoms with van der Waals surface area (Å²) in [6, 6.07) is 4.96. The molecule has 24 heavy (non-hydrogen) atoms. The summed E-state index contributed by atoms with van der Waals surface area (Å²) in [5, 5.41) is 2.38. The molecule has 6 nitrogen and oxygen atoms in total. The Bertz CT molecular complexity index is 718. The molecule has 1 aromatic heterocycles. The number of anilines is 1. The summed E-state index contributed by atoms with van der Waals surface area (Å²) in [6.07, 6.45) is -3.21. The molecular formula is C15H14F3N3O3. The van der Waals surface area contributed by atoms with Crippen LogP contribution in [0.3, 0.4) is 0 Å². The quantitative estimate of drug-likeness (QED) is 0.905. The zero-order valence-electron chi connectivity index (χ0n) is 12.8. The summed E-state index contributed by atoms with van der Waals surface area (Å²) in [4.78, 5) is 18.8. The Hall–Kier alpha value is -2.84. The van der Waals surface area contributed by atoms with E-state index in [0.29, 0.717) is 23.3 Å². The minimum atomic E-state index is -4.58. The number of carbonyl (C=O) groups is 1. The number of alkyl halides is 3. The summed E-state index contributed by atoms with van der Waals surface area (Å²) in [7, 11) is 2.96. The molecule has 9 heteroatoms. The van der Waals surface area contributed by atoms with Crippen molar-refractivity contribution in [1.82, 2.24) is 9.97 Å². The molecule has 0 atom stereocenters. The zero-order chi connectivity index (χ0) is 17.7. The number of rotatable bonds is 5. The summed E-state index contributed by atoms with van der Waals surface area (Å²) < 4.78 is 47.4. The lowest BCUT2D eigenvalue weighted by Gasteiger charge is -2.11. The molecule has 1 aromatic carbocycles. The van der Waals surface area contributed by atoms with Gasteiger partial charge in [0.15, 0.2) is 11.5 Å². The second-order valence-corrected chi connectivity index (χ2v) is 4.69. The van der Waals surface area contributed by atoms with Gasteiger partial charge in [0, 0.05) is 11.6 Å². The van der Waals surface area contributed by atoms with Gasteiger partial charge in [0.2, 0.25) is 5.91 Å². The Morgan fingerprint density at radius 3 is 2.46 bits per heavy atom. The molecule has 0 bridgehead atoms. The zero-order valence-corrected chi connectivity index (χ0v) is 12.8. The first-order valence-corrected chi connectivity index (χ1v) is 6.73. The van der Waals surface area contributed by atoms with Crippen molar-refractivity contribution >= 4 is 11.7 Å². The van der Waals surface area contributed by atoms with Gasteiger partial charge in [-0.2, -0.15) is 13.2 Å². The molecule has 0 unspecified atom stereocenters. The van der Waals surface area contributed by atoms with E-state index in [1.807, 2.05) is 0 Å². The van der Waals surface area contributed by atoms with Crippen LogP contribution in [0.4, 0.5) is 19.0 Å². The molecule has 128 valence electrons. The van der Waals surface area contributed by atoms with Crippen molar-refractivity contribution in [3.8, 4) is 11.5 Å². The number of carbonyl (C=O) groups excluding carboxylic acids is 1. The maximum absolute atomic E-state index is 12.4.